The monoisotopic (exact) mass is 252 g/mol. The zero-order chi connectivity index (χ0) is 9.40. The van der Waals surface area contributed by atoms with Crippen molar-refractivity contribution in [2.75, 3.05) is 13.1 Å². The molecule has 0 fully saturated rings. The van der Waals surface area contributed by atoms with Crippen molar-refractivity contribution in [1.82, 2.24) is 4.90 Å². The number of nitrogens with zero attached hydrogens (tertiary/aromatic N) is 1. The minimum absolute atomic E-state index is 0. The molecule has 0 heterocycles. The van der Waals surface area contributed by atoms with Crippen LogP contribution in [0, 0.1) is 0 Å². The molecular weight excluding hydrogens is 234 g/mol. The van der Waals surface area contributed by atoms with E-state index in [2.05, 4.69) is 13.8 Å². The Kier molecular flexibility index (Phi) is 12.4. The van der Waals surface area contributed by atoms with Crippen LogP contribution in [-0.4, -0.2) is 28.3 Å². The van der Waals surface area contributed by atoms with Crippen LogP contribution in [0.3, 0.4) is 0 Å². The van der Waals surface area contributed by atoms with Gasteiger partial charge in [-0.3, -0.25) is 0 Å². The largest absolute Gasteiger partial charge is 0.487 e. The maximum atomic E-state index is 9.12. The molecule has 0 spiro atoms. The first-order valence-corrected chi connectivity index (χ1v) is 5.11. The van der Waals surface area contributed by atoms with Crippen molar-refractivity contribution in [1.29, 1.82) is 0 Å². The van der Waals surface area contributed by atoms with E-state index in [9.17, 15) is 0 Å². The van der Waals surface area contributed by atoms with Crippen LogP contribution in [0.1, 0.15) is 39.5 Å². The maximum Gasteiger partial charge on any atom is 0.256 e. The number of aliphatic hydroxyl groups is 1. The first kappa shape index (κ1) is 15.7. The average molecular weight is 253 g/mol. The van der Waals surface area contributed by atoms with Crippen molar-refractivity contribution in [3.05, 3.63) is 0 Å². The Morgan fingerprint density at radius 3 is 1.77 bits per heavy atom. The number of thiocarbonyl (C=S) groups is 1. The van der Waals surface area contributed by atoms with E-state index < -0.39 is 0 Å². The minimum Gasteiger partial charge on any atom is -0.487 e. The van der Waals surface area contributed by atoms with Gasteiger partial charge in [-0.25, -0.2) is 0 Å². The number of unbranched alkanes of at least 4 members (excludes halogenated alkanes) is 2. The second-order valence-corrected chi connectivity index (χ2v) is 3.34. The Labute approximate surface area is 97.2 Å². The van der Waals surface area contributed by atoms with E-state index in [4.69, 9.17) is 17.3 Å². The molecule has 0 unspecified atom stereocenters. The topological polar surface area (TPSA) is 23.5 Å². The second-order valence-electron chi connectivity index (χ2n) is 2.98. The summed E-state index contributed by atoms with van der Waals surface area (Å²) in [6, 6.07) is 0. The molecule has 0 saturated heterocycles. The van der Waals surface area contributed by atoms with Gasteiger partial charge in [0, 0.05) is 30.2 Å². The SMILES string of the molecule is CCCCN(CCCC)C(O)=S.[Cu]. The molecule has 0 amide bonds. The Balaban J connectivity index is 0. The summed E-state index contributed by atoms with van der Waals surface area (Å²) in [4.78, 5) is 1.88. The Bertz CT molecular complexity index is 125. The van der Waals surface area contributed by atoms with Crippen molar-refractivity contribution in [3.8, 4) is 0 Å². The van der Waals surface area contributed by atoms with E-state index in [-0.39, 0.29) is 22.2 Å². The van der Waals surface area contributed by atoms with E-state index in [1.165, 1.54) is 0 Å². The van der Waals surface area contributed by atoms with E-state index >= 15 is 0 Å². The maximum absolute atomic E-state index is 9.12. The molecule has 2 nitrogen and oxygen atoms in total. The summed E-state index contributed by atoms with van der Waals surface area (Å²) in [6.07, 6.45) is 4.49. The molecule has 0 aromatic rings. The average Bonchev–Trinajstić information content (AvgIpc) is 2.04. The zero-order valence-corrected chi connectivity index (χ0v) is 10.1. The predicted molar refractivity (Wildman–Crippen MR) is 56.6 cm³/mol. The van der Waals surface area contributed by atoms with Crippen LogP contribution >= 0.6 is 12.2 Å². The van der Waals surface area contributed by atoms with Gasteiger partial charge in [-0.05, 0) is 25.1 Å². The first-order valence-electron chi connectivity index (χ1n) is 4.70. The van der Waals surface area contributed by atoms with Gasteiger partial charge in [-0.2, -0.15) is 0 Å². The van der Waals surface area contributed by atoms with E-state index in [0.717, 1.165) is 38.8 Å². The van der Waals surface area contributed by atoms with Crippen LogP contribution < -0.4 is 0 Å². The quantitative estimate of drug-likeness (QED) is 0.581. The molecule has 0 bridgehead atoms. The van der Waals surface area contributed by atoms with Crippen molar-refractivity contribution in [2.45, 2.75) is 39.5 Å². The molecule has 1 N–H and O–H groups in total. The molecular formula is C9H19CuNOS. The number of hydrogen-bond donors (Lipinski definition) is 1. The van der Waals surface area contributed by atoms with Crippen molar-refractivity contribution in [3.63, 3.8) is 0 Å². The molecule has 0 aromatic carbocycles. The molecule has 0 aliphatic heterocycles. The third-order valence-corrected chi connectivity index (χ3v) is 2.09. The Hall–Kier alpha value is 0.209. The van der Waals surface area contributed by atoms with Gasteiger partial charge in [0.2, 0.25) is 0 Å². The number of aliphatic hydroxyl groups excluding tert-OH is 1. The summed E-state index contributed by atoms with van der Waals surface area (Å²) >= 11 is 4.73. The van der Waals surface area contributed by atoms with Gasteiger partial charge >= 0.3 is 0 Å². The van der Waals surface area contributed by atoms with Crippen molar-refractivity contribution < 1.29 is 22.2 Å². The Morgan fingerprint density at radius 1 is 1.15 bits per heavy atom. The van der Waals surface area contributed by atoms with Crippen molar-refractivity contribution >= 4 is 17.4 Å². The fourth-order valence-electron chi connectivity index (χ4n) is 1.00. The van der Waals surface area contributed by atoms with Crippen LogP contribution in [0.2, 0.25) is 0 Å². The van der Waals surface area contributed by atoms with Gasteiger partial charge in [-0.1, -0.05) is 26.7 Å². The molecule has 13 heavy (non-hydrogen) atoms. The summed E-state index contributed by atoms with van der Waals surface area (Å²) in [5.74, 6) is 0. The second kappa shape index (κ2) is 10.3. The van der Waals surface area contributed by atoms with E-state index in [1.807, 2.05) is 4.90 Å². The Morgan fingerprint density at radius 2 is 1.54 bits per heavy atom. The number of rotatable bonds is 6. The van der Waals surface area contributed by atoms with Crippen LogP contribution in [0.5, 0.6) is 0 Å². The first-order chi connectivity index (χ1) is 5.72. The van der Waals surface area contributed by atoms with Gasteiger partial charge in [0.05, 0.1) is 0 Å². The molecule has 0 rings (SSSR count). The molecule has 0 aliphatic rings. The summed E-state index contributed by atoms with van der Waals surface area (Å²) < 4.78 is 0. The fraction of sp³-hybridized carbons (Fsp3) is 0.889. The summed E-state index contributed by atoms with van der Waals surface area (Å²) in [6.45, 7) is 6.06. The summed E-state index contributed by atoms with van der Waals surface area (Å²) in [5.41, 5.74) is 0. The van der Waals surface area contributed by atoms with Gasteiger partial charge in [0.25, 0.3) is 5.17 Å². The van der Waals surface area contributed by atoms with Gasteiger partial charge in [0.15, 0.2) is 0 Å². The molecule has 0 saturated carbocycles. The molecule has 1 radical (unpaired) electrons. The molecule has 0 aliphatic carbocycles. The third kappa shape index (κ3) is 8.54. The number of hydrogen-bond acceptors (Lipinski definition) is 1. The molecule has 0 atom stereocenters. The van der Waals surface area contributed by atoms with Gasteiger partial charge in [0.1, 0.15) is 0 Å². The van der Waals surface area contributed by atoms with Crippen molar-refractivity contribution in [2.24, 2.45) is 0 Å². The van der Waals surface area contributed by atoms with Gasteiger partial charge < -0.3 is 10.0 Å². The fourth-order valence-corrected chi connectivity index (χ4v) is 1.18. The smallest absolute Gasteiger partial charge is 0.256 e. The third-order valence-electron chi connectivity index (χ3n) is 1.83. The standard InChI is InChI=1S/C9H19NOS.Cu/c1-3-5-7-10(9(11)12)8-6-4-2;/h3-8H2,1-2H3,(H,11,12);. The van der Waals surface area contributed by atoms with Crippen LogP contribution in [0.4, 0.5) is 0 Å². The van der Waals surface area contributed by atoms with Gasteiger partial charge in [-0.15, -0.1) is 0 Å². The predicted octanol–water partition coefficient (Wildman–Crippen LogP) is 2.73. The minimum atomic E-state index is 0. The summed E-state index contributed by atoms with van der Waals surface area (Å²) in [7, 11) is 0. The molecule has 0 aromatic heterocycles. The summed E-state index contributed by atoms with van der Waals surface area (Å²) in [5, 5.41) is 9.18. The molecule has 83 valence electrons. The zero-order valence-electron chi connectivity index (χ0n) is 8.35. The van der Waals surface area contributed by atoms with E-state index in [1.54, 1.807) is 0 Å². The van der Waals surface area contributed by atoms with E-state index in [0.29, 0.717) is 0 Å². The van der Waals surface area contributed by atoms with Crippen LogP contribution in [0.15, 0.2) is 0 Å². The van der Waals surface area contributed by atoms with Crippen LogP contribution in [-0.2, 0) is 17.1 Å². The normalized spacial score (nSPS) is 9.08. The molecule has 4 heteroatoms. The van der Waals surface area contributed by atoms with Crippen LogP contribution in [0.25, 0.3) is 0 Å².